The van der Waals surface area contributed by atoms with Crippen LogP contribution in [0.3, 0.4) is 0 Å². The Morgan fingerprint density at radius 2 is 1.74 bits per heavy atom. The lowest BCUT2D eigenvalue weighted by molar-refractivity contribution is -0.137. The lowest BCUT2D eigenvalue weighted by atomic mass is 9.88. The van der Waals surface area contributed by atoms with Crippen LogP contribution in [0.5, 0.6) is 0 Å². The molecule has 1 amide bonds. The number of amides is 1. The molecule has 2 atom stereocenters. The van der Waals surface area contributed by atoms with Gasteiger partial charge in [-0.3, -0.25) is 9.59 Å². The standard InChI is InChI=1S/C14H28N2O3/c1-10(2)12(5-7-14(18)19)8-9-16-13(17)6-4-11(3)15/h10-12H,4-9,15H2,1-3H3,(H,16,17)(H,18,19). The average Bonchev–Trinajstić information content (AvgIpc) is 2.30. The fourth-order valence-electron chi connectivity index (χ4n) is 1.96. The van der Waals surface area contributed by atoms with Crippen LogP contribution in [0.25, 0.3) is 0 Å². The number of rotatable bonds is 10. The molecule has 112 valence electrons. The molecule has 0 bridgehead atoms. The van der Waals surface area contributed by atoms with Crippen molar-refractivity contribution >= 4 is 11.9 Å². The molecule has 0 rings (SSSR count). The second kappa shape index (κ2) is 9.78. The summed E-state index contributed by atoms with van der Waals surface area (Å²) in [6.45, 7) is 6.67. The van der Waals surface area contributed by atoms with E-state index in [1.54, 1.807) is 0 Å². The van der Waals surface area contributed by atoms with Crippen molar-refractivity contribution in [3.8, 4) is 0 Å². The zero-order valence-electron chi connectivity index (χ0n) is 12.3. The second-order valence-electron chi connectivity index (χ2n) is 5.59. The number of carbonyl (C=O) groups is 2. The van der Waals surface area contributed by atoms with Crippen LogP contribution in [-0.2, 0) is 9.59 Å². The molecular weight excluding hydrogens is 244 g/mol. The summed E-state index contributed by atoms with van der Waals surface area (Å²) < 4.78 is 0. The van der Waals surface area contributed by atoms with Gasteiger partial charge in [-0.2, -0.15) is 0 Å². The van der Waals surface area contributed by atoms with Crippen molar-refractivity contribution in [3.63, 3.8) is 0 Å². The Balaban J connectivity index is 3.86. The molecule has 0 radical (unpaired) electrons. The van der Waals surface area contributed by atoms with E-state index in [1.807, 2.05) is 6.92 Å². The molecule has 0 spiro atoms. The molecule has 0 fully saturated rings. The Morgan fingerprint density at radius 3 is 2.21 bits per heavy atom. The zero-order valence-corrected chi connectivity index (χ0v) is 12.3. The molecule has 0 aromatic heterocycles. The van der Waals surface area contributed by atoms with E-state index in [0.29, 0.717) is 37.6 Å². The van der Waals surface area contributed by atoms with Crippen LogP contribution in [0.4, 0.5) is 0 Å². The molecule has 19 heavy (non-hydrogen) atoms. The van der Waals surface area contributed by atoms with Gasteiger partial charge in [0.05, 0.1) is 0 Å². The predicted molar refractivity (Wildman–Crippen MR) is 75.7 cm³/mol. The third-order valence-corrected chi connectivity index (χ3v) is 3.34. The van der Waals surface area contributed by atoms with Crippen LogP contribution < -0.4 is 11.1 Å². The van der Waals surface area contributed by atoms with Gasteiger partial charge in [-0.25, -0.2) is 0 Å². The van der Waals surface area contributed by atoms with Gasteiger partial charge in [0.15, 0.2) is 0 Å². The van der Waals surface area contributed by atoms with E-state index >= 15 is 0 Å². The highest BCUT2D eigenvalue weighted by atomic mass is 16.4. The van der Waals surface area contributed by atoms with Crippen LogP contribution in [0.15, 0.2) is 0 Å². The monoisotopic (exact) mass is 272 g/mol. The molecule has 0 aromatic carbocycles. The first-order valence-corrected chi connectivity index (χ1v) is 7.07. The molecule has 0 saturated heterocycles. The number of carbonyl (C=O) groups excluding carboxylic acids is 1. The SMILES string of the molecule is CC(N)CCC(=O)NCCC(CCC(=O)O)C(C)C. The minimum absolute atomic E-state index is 0.0260. The van der Waals surface area contributed by atoms with Crippen molar-refractivity contribution in [2.24, 2.45) is 17.6 Å². The molecule has 0 aliphatic carbocycles. The van der Waals surface area contributed by atoms with E-state index < -0.39 is 5.97 Å². The van der Waals surface area contributed by atoms with E-state index in [-0.39, 0.29) is 18.4 Å². The Hall–Kier alpha value is -1.10. The Bertz CT molecular complexity index is 278. The highest BCUT2D eigenvalue weighted by molar-refractivity contribution is 5.75. The van der Waals surface area contributed by atoms with Crippen molar-refractivity contribution in [3.05, 3.63) is 0 Å². The first-order chi connectivity index (χ1) is 8.82. The Labute approximate surface area is 115 Å². The highest BCUT2D eigenvalue weighted by Crippen LogP contribution is 2.20. The molecule has 0 aromatic rings. The number of nitrogens with one attached hydrogen (secondary N) is 1. The lowest BCUT2D eigenvalue weighted by Crippen LogP contribution is -2.28. The first kappa shape index (κ1) is 17.9. The van der Waals surface area contributed by atoms with Crippen LogP contribution in [0, 0.1) is 11.8 Å². The second-order valence-corrected chi connectivity index (χ2v) is 5.59. The number of hydrogen-bond donors (Lipinski definition) is 3. The van der Waals surface area contributed by atoms with Gasteiger partial charge in [-0.15, -0.1) is 0 Å². The maximum atomic E-state index is 11.5. The summed E-state index contributed by atoms with van der Waals surface area (Å²) in [4.78, 5) is 22.1. The van der Waals surface area contributed by atoms with Gasteiger partial charge in [-0.05, 0) is 38.0 Å². The Morgan fingerprint density at radius 1 is 1.11 bits per heavy atom. The third kappa shape index (κ3) is 10.5. The van der Waals surface area contributed by atoms with E-state index in [2.05, 4.69) is 19.2 Å². The quantitative estimate of drug-likeness (QED) is 0.565. The van der Waals surface area contributed by atoms with E-state index in [1.165, 1.54) is 0 Å². The molecular formula is C14H28N2O3. The number of carboxylic acid groups (broad SMARTS) is 1. The van der Waals surface area contributed by atoms with E-state index in [9.17, 15) is 9.59 Å². The minimum Gasteiger partial charge on any atom is -0.481 e. The summed E-state index contributed by atoms with van der Waals surface area (Å²) in [6.07, 6.45) is 2.84. The largest absolute Gasteiger partial charge is 0.481 e. The number of hydrogen-bond acceptors (Lipinski definition) is 3. The number of nitrogens with two attached hydrogens (primary N) is 1. The topological polar surface area (TPSA) is 92.4 Å². The van der Waals surface area contributed by atoms with Crippen molar-refractivity contribution < 1.29 is 14.7 Å². The number of aliphatic carboxylic acids is 1. The van der Waals surface area contributed by atoms with Gasteiger partial charge >= 0.3 is 5.97 Å². The maximum absolute atomic E-state index is 11.5. The smallest absolute Gasteiger partial charge is 0.303 e. The fourth-order valence-corrected chi connectivity index (χ4v) is 1.96. The zero-order chi connectivity index (χ0) is 14.8. The fraction of sp³-hybridized carbons (Fsp3) is 0.857. The van der Waals surface area contributed by atoms with Crippen LogP contribution in [0.2, 0.25) is 0 Å². The van der Waals surface area contributed by atoms with Crippen LogP contribution >= 0.6 is 0 Å². The number of carboxylic acids is 1. The predicted octanol–water partition coefficient (Wildman–Crippen LogP) is 1.76. The summed E-state index contributed by atoms with van der Waals surface area (Å²) in [5.74, 6) is 0.0369. The van der Waals surface area contributed by atoms with Gasteiger partial charge < -0.3 is 16.2 Å². The van der Waals surface area contributed by atoms with Crippen molar-refractivity contribution in [1.29, 1.82) is 0 Å². The first-order valence-electron chi connectivity index (χ1n) is 7.07. The van der Waals surface area contributed by atoms with E-state index in [0.717, 1.165) is 6.42 Å². The minimum atomic E-state index is -0.758. The van der Waals surface area contributed by atoms with Gasteiger partial charge in [0.25, 0.3) is 0 Å². The molecule has 0 saturated carbocycles. The van der Waals surface area contributed by atoms with Gasteiger partial charge in [0.2, 0.25) is 5.91 Å². The summed E-state index contributed by atoms with van der Waals surface area (Å²) in [7, 11) is 0. The third-order valence-electron chi connectivity index (χ3n) is 3.34. The summed E-state index contributed by atoms with van der Waals surface area (Å²) >= 11 is 0. The lowest BCUT2D eigenvalue weighted by Gasteiger charge is -2.20. The highest BCUT2D eigenvalue weighted by Gasteiger charge is 2.15. The molecule has 0 aliphatic rings. The van der Waals surface area contributed by atoms with Gasteiger partial charge in [-0.1, -0.05) is 13.8 Å². The van der Waals surface area contributed by atoms with Crippen LogP contribution in [0.1, 0.15) is 52.9 Å². The van der Waals surface area contributed by atoms with Crippen LogP contribution in [-0.4, -0.2) is 29.6 Å². The molecule has 0 heterocycles. The maximum Gasteiger partial charge on any atom is 0.303 e. The average molecular weight is 272 g/mol. The van der Waals surface area contributed by atoms with Crippen molar-refractivity contribution in [2.45, 2.75) is 58.9 Å². The van der Waals surface area contributed by atoms with Gasteiger partial charge in [0, 0.05) is 25.4 Å². The van der Waals surface area contributed by atoms with Gasteiger partial charge in [0.1, 0.15) is 0 Å². The molecule has 5 nitrogen and oxygen atoms in total. The summed E-state index contributed by atoms with van der Waals surface area (Å²) in [5.41, 5.74) is 5.59. The van der Waals surface area contributed by atoms with Crippen molar-refractivity contribution in [1.82, 2.24) is 5.32 Å². The molecule has 5 heteroatoms. The molecule has 0 aliphatic heterocycles. The summed E-state index contributed by atoms with van der Waals surface area (Å²) in [5, 5.41) is 11.6. The molecule has 2 unspecified atom stereocenters. The Kier molecular flexibility index (Phi) is 9.21. The molecule has 4 N–H and O–H groups in total. The van der Waals surface area contributed by atoms with E-state index in [4.69, 9.17) is 10.8 Å². The normalized spacial score (nSPS) is 14.2. The summed E-state index contributed by atoms with van der Waals surface area (Å²) in [6, 6.07) is 0.0460. The van der Waals surface area contributed by atoms with Crippen molar-refractivity contribution in [2.75, 3.05) is 6.54 Å².